The zero-order chi connectivity index (χ0) is 15.2. The van der Waals surface area contributed by atoms with Crippen LogP contribution < -0.4 is 0 Å². The van der Waals surface area contributed by atoms with Crippen LogP contribution >= 0.6 is 0 Å². The van der Waals surface area contributed by atoms with Gasteiger partial charge in [-0.2, -0.15) is 0 Å². The van der Waals surface area contributed by atoms with Crippen molar-refractivity contribution in [2.45, 2.75) is 58.2 Å². The van der Waals surface area contributed by atoms with Crippen molar-refractivity contribution < 1.29 is 9.50 Å². The van der Waals surface area contributed by atoms with Crippen LogP contribution in [0.25, 0.3) is 0 Å². The molecule has 0 spiro atoms. The fourth-order valence-corrected chi connectivity index (χ4v) is 2.96. The third kappa shape index (κ3) is 4.30. The first-order valence-corrected chi connectivity index (χ1v) is 7.75. The molecule has 1 fully saturated rings. The highest BCUT2D eigenvalue weighted by atomic mass is 19.1. The summed E-state index contributed by atoms with van der Waals surface area (Å²) < 4.78 is 14.2. The number of aliphatic hydroxyl groups is 1. The summed E-state index contributed by atoms with van der Waals surface area (Å²) in [5, 5.41) is 8.69. The summed E-state index contributed by atoms with van der Waals surface area (Å²) in [4.78, 5) is 2.39. The van der Waals surface area contributed by atoms with E-state index in [0.717, 1.165) is 5.56 Å². The van der Waals surface area contributed by atoms with E-state index in [0.29, 0.717) is 30.6 Å². The van der Waals surface area contributed by atoms with Crippen LogP contribution in [-0.4, -0.2) is 28.7 Å². The van der Waals surface area contributed by atoms with Crippen molar-refractivity contribution in [1.29, 1.82) is 0 Å². The van der Waals surface area contributed by atoms with E-state index in [4.69, 9.17) is 5.11 Å². The molecule has 2 rings (SSSR count). The summed E-state index contributed by atoms with van der Waals surface area (Å²) in [5.41, 5.74) is 1.41. The predicted octanol–water partition coefficient (Wildman–Crippen LogP) is 3.32. The molecular weight excluding hydrogens is 265 g/mol. The fraction of sp³-hybridized carbons (Fsp3) is 0.556. The van der Waals surface area contributed by atoms with E-state index in [-0.39, 0.29) is 12.4 Å². The zero-order valence-corrected chi connectivity index (χ0v) is 12.9. The second-order valence-electron chi connectivity index (χ2n) is 5.88. The summed E-state index contributed by atoms with van der Waals surface area (Å²) in [6.07, 6.45) is 4.07. The molecule has 21 heavy (non-hydrogen) atoms. The Bertz CT molecular complexity index is 522. The number of hydrogen-bond donors (Lipinski definition) is 1. The van der Waals surface area contributed by atoms with E-state index in [2.05, 4.69) is 30.6 Å². The van der Waals surface area contributed by atoms with Gasteiger partial charge in [0.2, 0.25) is 0 Å². The van der Waals surface area contributed by atoms with Gasteiger partial charge in [0.1, 0.15) is 5.82 Å². The molecule has 2 nitrogen and oxygen atoms in total. The number of aliphatic hydroxyl groups excluding tert-OH is 1. The molecule has 0 bridgehead atoms. The number of halogens is 1. The maximum Gasteiger partial charge on any atom is 0.128 e. The van der Waals surface area contributed by atoms with Crippen LogP contribution in [0.1, 0.15) is 50.7 Å². The van der Waals surface area contributed by atoms with Crippen molar-refractivity contribution >= 4 is 0 Å². The summed E-state index contributed by atoms with van der Waals surface area (Å²) in [6.45, 7) is 5.15. The molecule has 0 amide bonds. The highest BCUT2D eigenvalue weighted by Gasteiger charge is 2.25. The van der Waals surface area contributed by atoms with E-state index < -0.39 is 0 Å². The van der Waals surface area contributed by atoms with E-state index in [1.165, 1.54) is 25.3 Å². The number of nitrogens with zero attached hydrogens (tertiary/aromatic N) is 1. The van der Waals surface area contributed by atoms with Gasteiger partial charge in [-0.3, -0.25) is 4.90 Å². The van der Waals surface area contributed by atoms with Crippen molar-refractivity contribution in [2.75, 3.05) is 6.61 Å². The van der Waals surface area contributed by atoms with Gasteiger partial charge in [-0.1, -0.05) is 24.3 Å². The molecule has 0 unspecified atom stereocenters. The van der Waals surface area contributed by atoms with E-state index >= 15 is 0 Å². The Labute approximate surface area is 127 Å². The summed E-state index contributed by atoms with van der Waals surface area (Å²) >= 11 is 0. The van der Waals surface area contributed by atoms with Crippen LogP contribution in [0.5, 0.6) is 0 Å². The standard InChI is InChI=1S/C18H24FNO/c1-14-6-5-7-15(2)20(14)13-17-10-9-16(12-18(17)19)8-3-4-11-21/h9-10,12,14-15,21H,4-7,11,13H2,1-2H3/t14-,15+. The molecular formula is C18H24FNO. The molecule has 3 heteroatoms. The van der Waals surface area contributed by atoms with Crippen LogP contribution in [-0.2, 0) is 6.54 Å². The van der Waals surface area contributed by atoms with Crippen LogP contribution in [0.2, 0.25) is 0 Å². The third-order valence-electron chi connectivity index (χ3n) is 4.25. The van der Waals surface area contributed by atoms with Gasteiger partial charge in [0.25, 0.3) is 0 Å². The minimum atomic E-state index is -0.184. The Morgan fingerprint density at radius 3 is 2.62 bits per heavy atom. The Morgan fingerprint density at radius 2 is 2.00 bits per heavy atom. The lowest BCUT2D eigenvalue weighted by Gasteiger charge is -2.39. The van der Waals surface area contributed by atoms with Crippen LogP contribution in [0, 0.1) is 17.7 Å². The molecule has 1 saturated heterocycles. The van der Waals surface area contributed by atoms with Gasteiger partial charge in [0.05, 0.1) is 6.61 Å². The first-order valence-electron chi connectivity index (χ1n) is 7.75. The Kier molecular flexibility index (Phi) is 5.78. The molecule has 0 aliphatic carbocycles. The van der Waals surface area contributed by atoms with Gasteiger partial charge >= 0.3 is 0 Å². The van der Waals surface area contributed by atoms with Crippen LogP contribution in [0.15, 0.2) is 18.2 Å². The molecule has 1 heterocycles. The molecule has 0 aromatic heterocycles. The van der Waals surface area contributed by atoms with Crippen molar-refractivity contribution in [3.8, 4) is 11.8 Å². The predicted molar refractivity (Wildman–Crippen MR) is 83.3 cm³/mol. The number of piperidine rings is 1. The maximum absolute atomic E-state index is 14.2. The second-order valence-corrected chi connectivity index (χ2v) is 5.88. The first-order chi connectivity index (χ1) is 10.1. The Hall–Kier alpha value is -1.37. The smallest absolute Gasteiger partial charge is 0.128 e. The molecule has 1 aromatic carbocycles. The minimum Gasteiger partial charge on any atom is -0.395 e. The number of benzene rings is 1. The van der Waals surface area contributed by atoms with E-state index in [1.807, 2.05) is 12.1 Å². The first kappa shape index (κ1) is 16.0. The van der Waals surface area contributed by atoms with Gasteiger partial charge in [-0.05, 0) is 38.8 Å². The lowest BCUT2D eigenvalue weighted by Crippen LogP contribution is -2.43. The Balaban J connectivity index is 2.09. The summed E-state index contributed by atoms with van der Waals surface area (Å²) in [7, 11) is 0. The molecule has 1 N–H and O–H groups in total. The number of hydrogen-bond acceptors (Lipinski definition) is 2. The van der Waals surface area contributed by atoms with Crippen molar-refractivity contribution in [3.63, 3.8) is 0 Å². The largest absolute Gasteiger partial charge is 0.395 e. The van der Waals surface area contributed by atoms with E-state index in [1.54, 1.807) is 0 Å². The lowest BCUT2D eigenvalue weighted by molar-refractivity contribution is 0.0940. The summed E-state index contributed by atoms with van der Waals surface area (Å²) in [6, 6.07) is 6.22. The van der Waals surface area contributed by atoms with Crippen LogP contribution in [0.4, 0.5) is 4.39 Å². The van der Waals surface area contributed by atoms with Gasteiger partial charge in [-0.25, -0.2) is 4.39 Å². The van der Waals surface area contributed by atoms with E-state index in [9.17, 15) is 4.39 Å². The molecule has 1 aromatic rings. The highest BCUT2D eigenvalue weighted by Crippen LogP contribution is 2.25. The highest BCUT2D eigenvalue weighted by molar-refractivity contribution is 5.37. The summed E-state index contributed by atoms with van der Waals surface area (Å²) in [5.74, 6) is 5.50. The Morgan fingerprint density at radius 1 is 1.29 bits per heavy atom. The normalized spacial score (nSPS) is 22.7. The van der Waals surface area contributed by atoms with Gasteiger partial charge in [0.15, 0.2) is 0 Å². The van der Waals surface area contributed by atoms with Crippen LogP contribution in [0.3, 0.4) is 0 Å². The van der Waals surface area contributed by atoms with Gasteiger partial charge in [-0.15, -0.1) is 0 Å². The van der Waals surface area contributed by atoms with Crippen molar-refractivity contribution in [1.82, 2.24) is 4.90 Å². The van der Waals surface area contributed by atoms with Crippen molar-refractivity contribution in [2.24, 2.45) is 0 Å². The second kappa shape index (κ2) is 7.59. The SMILES string of the molecule is C[C@@H]1CCC[C@H](C)N1Cc1ccc(C#CCCO)cc1F. The quantitative estimate of drug-likeness (QED) is 0.863. The zero-order valence-electron chi connectivity index (χ0n) is 12.9. The topological polar surface area (TPSA) is 23.5 Å². The average Bonchev–Trinajstić information content (AvgIpc) is 2.45. The third-order valence-corrected chi connectivity index (χ3v) is 4.25. The van der Waals surface area contributed by atoms with Gasteiger partial charge < -0.3 is 5.11 Å². The fourth-order valence-electron chi connectivity index (χ4n) is 2.96. The maximum atomic E-state index is 14.2. The lowest BCUT2D eigenvalue weighted by atomic mass is 9.96. The molecule has 0 radical (unpaired) electrons. The monoisotopic (exact) mass is 289 g/mol. The average molecular weight is 289 g/mol. The molecule has 1 aliphatic rings. The molecule has 1 aliphatic heterocycles. The van der Waals surface area contributed by atoms with Crippen molar-refractivity contribution in [3.05, 3.63) is 35.1 Å². The minimum absolute atomic E-state index is 0.0400. The van der Waals surface area contributed by atoms with Gasteiger partial charge in [0, 0.05) is 36.2 Å². The molecule has 0 saturated carbocycles. The molecule has 114 valence electrons. The number of rotatable bonds is 3. The molecule has 2 atom stereocenters. The number of likely N-dealkylation sites (tertiary alicyclic amines) is 1.